The molecule has 0 heterocycles. The molecule has 58 valence electrons. The smallest absolute Gasteiger partial charge is 0.165 e. The van der Waals surface area contributed by atoms with E-state index in [1.807, 2.05) is 6.92 Å². The van der Waals surface area contributed by atoms with Gasteiger partial charge in [-0.2, -0.15) is 0 Å². The largest absolute Gasteiger partial charge is 0.402 e. The molecule has 2 heteroatoms. The minimum Gasteiger partial charge on any atom is -0.402 e. The summed E-state index contributed by atoms with van der Waals surface area (Å²) in [5.74, 6) is 0. The van der Waals surface area contributed by atoms with E-state index in [9.17, 15) is 0 Å². The molecule has 0 aliphatic heterocycles. The highest BCUT2D eigenvalue weighted by molar-refractivity contribution is 5.73. The lowest BCUT2D eigenvalue weighted by atomic mass is 10.1. The lowest BCUT2D eigenvalue weighted by Crippen LogP contribution is -2.31. The zero-order valence-electron chi connectivity index (χ0n) is 6.85. The molecular formula is C8H17N2+. The van der Waals surface area contributed by atoms with Crippen molar-refractivity contribution in [1.29, 1.82) is 0 Å². The number of unbranched alkanes of at least 4 members (excludes halogenated alkanes) is 1. The van der Waals surface area contributed by atoms with Gasteiger partial charge >= 0.3 is 0 Å². The van der Waals surface area contributed by atoms with Crippen molar-refractivity contribution < 1.29 is 5.41 Å². The summed E-state index contributed by atoms with van der Waals surface area (Å²) < 4.78 is 0. The van der Waals surface area contributed by atoms with Gasteiger partial charge in [0.05, 0.1) is 0 Å². The molecule has 0 saturated heterocycles. The highest BCUT2D eigenvalue weighted by Gasteiger charge is 1.97. The van der Waals surface area contributed by atoms with Crippen molar-refractivity contribution in [2.45, 2.75) is 33.1 Å². The molecule has 0 bridgehead atoms. The Morgan fingerprint density at radius 1 is 1.60 bits per heavy atom. The second-order valence-corrected chi connectivity index (χ2v) is 2.48. The van der Waals surface area contributed by atoms with Crippen LogP contribution in [-0.4, -0.2) is 6.21 Å². The molecule has 0 rings (SSSR count). The van der Waals surface area contributed by atoms with E-state index in [1.54, 1.807) is 6.21 Å². The third kappa shape index (κ3) is 3.28. The summed E-state index contributed by atoms with van der Waals surface area (Å²) in [5, 5.41) is 5.35. The van der Waals surface area contributed by atoms with Crippen molar-refractivity contribution in [1.82, 2.24) is 0 Å². The number of rotatable bonds is 4. The van der Waals surface area contributed by atoms with Gasteiger partial charge in [0.2, 0.25) is 0 Å². The van der Waals surface area contributed by atoms with Crippen LogP contribution in [-0.2, 0) is 0 Å². The monoisotopic (exact) mass is 141 g/mol. The summed E-state index contributed by atoms with van der Waals surface area (Å²) in [6.45, 7) is 4.04. The second kappa shape index (κ2) is 5.03. The van der Waals surface area contributed by atoms with Gasteiger partial charge in [0.15, 0.2) is 6.21 Å². The first kappa shape index (κ1) is 9.21. The number of nitrogens with two attached hydrogens (primary N) is 2. The third-order valence-electron chi connectivity index (χ3n) is 1.51. The average molecular weight is 141 g/mol. The van der Waals surface area contributed by atoms with Crippen LogP contribution in [0.15, 0.2) is 11.3 Å². The van der Waals surface area contributed by atoms with Gasteiger partial charge in [-0.1, -0.05) is 13.3 Å². The van der Waals surface area contributed by atoms with Gasteiger partial charge in [-0.05, 0) is 19.8 Å². The first-order valence-corrected chi connectivity index (χ1v) is 3.72. The van der Waals surface area contributed by atoms with Crippen LogP contribution < -0.4 is 11.1 Å². The van der Waals surface area contributed by atoms with Crippen molar-refractivity contribution in [3.8, 4) is 0 Å². The Morgan fingerprint density at radius 2 is 2.20 bits per heavy atom. The molecule has 0 aliphatic rings. The van der Waals surface area contributed by atoms with Gasteiger partial charge in [-0.15, -0.1) is 0 Å². The molecule has 0 atom stereocenters. The molecule has 0 aromatic carbocycles. The van der Waals surface area contributed by atoms with E-state index in [0.717, 1.165) is 24.1 Å². The molecule has 2 nitrogen and oxygen atoms in total. The number of allylic oxidation sites excluding steroid dienone is 2. The van der Waals surface area contributed by atoms with Crippen LogP contribution in [0.5, 0.6) is 0 Å². The Morgan fingerprint density at radius 3 is 2.50 bits per heavy atom. The first-order chi connectivity index (χ1) is 4.72. The molecule has 0 saturated carbocycles. The standard InChI is InChI=1S/C8H16N2/c1-3-4-5-8(6-9)7(2)10/h6,9H,3-5,10H2,1-2H3/p+1/b8-7-,9-6?. The summed E-state index contributed by atoms with van der Waals surface area (Å²) in [7, 11) is 0. The van der Waals surface area contributed by atoms with Crippen LogP contribution in [0.2, 0.25) is 0 Å². The number of hydrogen-bond acceptors (Lipinski definition) is 1. The predicted molar refractivity (Wildman–Crippen MR) is 44.4 cm³/mol. The SMILES string of the molecule is CCCC/C(C=[NH2+])=C(\C)N. The van der Waals surface area contributed by atoms with Crippen LogP contribution in [0, 0.1) is 0 Å². The summed E-state index contributed by atoms with van der Waals surface area (Å²) >= 11 is 0. The summed E-state index contributed by atoms with van der Waals surface area (Å²) in [6.07, 6.45) is 4.96. The van der Waals surface area contributed by atoms with Gasteiger partial charge in [0, 0.05) is 11.3 Å². The zero-order valence-corrected chi connectivity index (χ0v) is 6.85. The number of hydrogen-bond donors (Lipinski definition) is 2. The molecule has 0 fully saturated rings. The highest BCUT2D eigenvalue weighted by atomic mass is 14.6. The lowest BCUT2D eigenvalue weighted by Gasteiger charge is -1.98. The van der Waals surface area contributed by atoms with Gasteiger partial charge in [0.1, 0.15) is 0 Å². The molecule has 0 unspecified atom stereocenters. The van der Waals surface area contributed by atoms with Crippen molar-refractivity contribution in [3.05, 3.63) is 11.3 Å². The van der Waals surface area contributed by atoms with E-state index in [-0.39, 0.29) is 0 Å². The van der Waals surface area contributed by atoms with E-state index in [0.29, 0.717) is 0 Å². The van der Waals surface area contributed by atoms with E-state index < -0.39 is 0 Å². The molecular weight excluding hydrogens is 124 g/mol. The fourth-order valence-corrected chi connectivity index (χ4v) is 0.779. The summed E-state index contributed by atoms with van der Waals surface area (Å²) in [6, 6.07) is 0. The molecule has 10 heavy (non-hydrogen) atoms. The van der Waals surface area contributed by atoms with Crippen molar-refractivity contribution in [2.75, 3.05) is 0 Å². The van der Waals surface area contributed by atoms with Crippen LogP contribution in [0.1, 0.15) is 33.1 Å². The van der Waals surface area contributed by atoms with Gasteiger partial charge in [0.25, 0.3) is 0 Å². The van der Waals surface area contributed by atoms with Crippen LogP contribution in [0.4, 0.5) is 0 Å². The quantitative estimate of drug-likeness (QED) is 0.541. The maximum absolute atomic E-state index is 5.56. The molecule has 0 radical (unpaired) electrons. The zero-order chi connectivity index (χ0) is 7.98. The Hall–Kier alpha value is -0.790. The van der Waals surface area contributed by atoms with E-state index in [1.165, 1.54) is 6.42 Å². The summed E-state index contributed by atoms with van der Waals surface area (Å²) in [4.78, 5) is 0. The molecule has 0 aliphatic carbocycles. The predicted octanol–water partition coefficient (Wildman–Crippen LogP) is 0.239. The molecule has 0 aromatic heterocycles. The van der Waals surface area contributed by atoms with Gasteiger partial charge < -0.3 is 5.73 Å². The Kier molecular flexibility index (Phi) is 4.63. The molecule has 0 spiro atoms. The Balaban J connectivity index is 3.85. The van der Waals surface area contributed by atoms with Gasteiger partial charge in [-0.3, -0.25) is 5.41 Å². The maximum atomic E-state index is 5.56. The average Bonchev–Trinajstić information content (AvgIpc) is 1.89. The fraction of sp³-hybridized carbons (Fsp3) is 0.625. The Bertz CT molecular complexity index is 132. The summed E-state index contributed by atoms with van der Waals surface area (Å²) in [5.41, 5.74) is 7.48. The van der Waals surface area contributed by atoms with Crippen molar-refractivity contribution in [3.63, 3.8) is 0 Å². The van der Waals surface area contributed by atoms with E-state index >= 15 is 0 Å². The third-order valence-corrected chi connectivity index (χ3v) is 1.51. The van der Waals surface area contributed by atoms with Crippen molar-refractivity contribution >= 4 is 6.21 Å². The molecule has 0 amide bonds. The van der Waals surface area contributed by atoms with E-state index in [4.69, 9.17) is 11.1 Å². The fourth-order valence-electron chi connectivity index (χ4n) is 0.779. The topological polar surface area (TPSA) is 51.6 Å². The van der Waals surface area contributed by atoms with Crippen LogP contribution in [0.3, 0.4) is 0 Å². The second-order valence-electron chi connectivity index (χ2n) is 2.48. The minimum absolute atomic E-state index is 0.843. The first-order valence-electron chi connectivity index (χ1n) is 3.72. The highest BCUT2D eigenvalue weighted by Crippen LogP contribution is 2.05. The molecule has 0 aromatic rings. The lowest BCUT2D eigenvalue weighted by molar-refractivity contribution is -0.105. The van der Waals surface area contributed by atoms with Crippen molar-refractivity contribution in [2.24, 2.45) is 5.73 Å². The Labute approximate surface area is 62.6 Å². The van der Waals surface area contributed by atoms with E-state index in [2.05, 4.69) is 6.92 Å². The maximum Gasteiger partial charge on any atom is 0.165 e. The van der Waals surface area contributed by atoms with Crippen LogP contribution in [0.25, 0.3) is 0 Å². The van der Waals surface area contributed by atoms with Crippen LogP contribution >= 0.6 is 0 Å². The molecule has 4 N–H and O–H groups in total. The minimum atomic E-state index is 0.843. The van der Waals surface area contributed by atoms with Gasteiger partial charge in [-0.25, -0.2) is 0 Å². The normalized spacial score (nSPS) is 12.6.